The molecule has 0 radical (unpaired) electrons. The Morgan fingerprint density at radius 3 is 2.75 bits per heavy atom. The van der Waals surface area contributed by atoms with Gasteiger partial charge in [-0.05, 0) is 24.3 Å². The molecule has 166 valence electrons. The van der Waals surface area contributed by atoms with Gasteiger partial charge in [-0.1, -0.05) is 12.1 Å². The Labute approximate surface area is 180 Å². The van der Waals surface area contributed by atoms with Crippen molar-refractivity contribution in [2.24, 2.45) is 4.99 Å². The number of H-pyrrole nitrogens is 1. The standard InChI is InChI=1S/C22H18F4N4O2/c1-31-18-9-15(32-12-14-3-2-8-27-20(14)22(24,25)26)5-6-16(18)17-11-29-21(30-17)13-4-7-19(23)28-10-13/h2-9,11,13H,10,12H2,1H3,(H,29,30). The molecule has 6 nitrogen and oxygen atoms in total. The van der Waals surface area contributed by atoms with Gasteiger partial charge in [0.1, 0.15) is 23.9 Å². The fourth-order valence-electron chi connectivity index (χ4n) is 3.29. The third kappa shape index (κ3) is 4.63. The second-order valence-corrected chi connectivity index (χ2v) is 6.97. The normalized spacial score (nSPS) is 16.0. The highest BCUT2D eigenvalue weighted by Gasteiger charge is 2.35. The number of dihydropyridines is 1. The quantitative estimate of drug-likeness (QED) is 0.535. The number of methoxy groups -OCH3 is 1. The number of benzene rings is 1. The molecular formula is C22H18F4N4O2. The molecular weight excluding hydrogens is 428 g/mol. The highest BCUT2D eigenvalue weighted by molar-refractivity contribution is 5.87. The van der Waals surface area contributed by atoms with E-state index in [4.69, 9.17) is 9.47 Å². The molecule has 3 heterocycles. The number of aromatic amines is 1. The van der Waals surface area contributed by atoms with Crippen LogP contribution in [-0.4, -0.2) is 34.6 Å². The Morgan fingerprint density at radius 1 is 1.19 bits per heavy atom. The molecule has 1 aliphatic heterocycles. The monoisotopic (exact) mass is 446 g/mol. The minimum absolute atomic E-state index is 0.0686. The van der Waals surface area contributed by atoms with Crippen molar-refractivity contribution in [3.05, 3.63) is 72.0 Å². The van der Waals surface area contributed by atoms with Crippen LogP contribution in [0.4, 0.5) is 17.6 Å². The summed E-state index contributed by atoms with van der Waals surface area (Å²) < 4.78 is 63.4. The van der Waals surface area contributed by atoms with E-state index in [2.05, 4.69) is 19.9 Å². The lowest BCUT2D eigenvalue weighted by Gasteiger charge is -2.14. The zero-order chi connectivity index (χ0) is 22.7. The fraction of sp³-hybridized carbons (Fsp3) is 0.227. The summed E-state index contributed by atoms with van der Waals surface area (Å²) in [4.78, 5) is 14.7. The van der Waals surface area contributed by atoms with E-state index in [1.165, 1.54) is 25.3 Å². The van der Waals surface area contributed by atoms with Crippen LogP contribution < -0.4 is 9.47 Å². The first kappa shape index (κ1) is 21.5. The van der Waals surface area contributed by atoms with Crippen molar-refractivity contribution < 1.29 is 27.0 Å². The molecule has 0 saturated heterocycles. The molecule has 0 aliphatic carbocycles. The summed E-state index contributed by atoms with van der Waals surface area (Å²) >= 11 is 0. The molecule has 2 aromatic heterocycles. The lowest BCUT2D eigenvalue weighted by molar-refractivity contribution is -0.142. The average molecular weight is 446 g/mol. The molecule has 1 N–H and O–H groups in total. The van der Waals surface area contributed by atoms with Crippen molar-refractivity contribution in [1.29, 1.82) is 0 Å². The highest BCUT2D eigenvalue weighted by Crippen LogP contribution is 2.34. The highest BCUT2D eigenvalue weighted by atomic mass is 19.4. The van der Waals surface area contributed by atoms with Crippen LogP contribution in [0.15, 0.2) is 59.9 Å². The second kappa shape index (κ2) is 8.81. The number of nitrogens with zero attached hydrogens (tertiary/aromatic N) is 3. The predicted molar refractivity (Wildman–Crippen MR) is 109 cm³/mol. The van der Waals surface area contributed by atoms with Crippen molar-refractivity contribution in [2.45, 2.75) is 18.7 Å². The van der Waals surface area contributed by atoms with Crippen LogP contribution in [0.25, 0.3) is 11.3 Å². The van der Waals surface area contributed by atoms with Gasteiger partial charge in [-0.3, -0.25) is 9.98 Å². The third-order valence-corrected chi connectivity index (χ3v) is 4.87. The largest absolute Gasteiger partial charge is 0.496 e. The van der Waals surface area contributed by atoms with E-state index in [0.717, 1.165) is 6.20 Å². The summed E-state index contributed by atoms with van der Waals surface area (Å²) in [5, 5.41) is 0. The number of hydrogen-bond donors (Lipinski definition) is 1. The Hall–Kier alpha value is -3.69. The number of aliphatic imine (C=N–C) groups is 1. The van der Waals surface area contributed by atoms with Crippen LogP contribution in [-0.2, 0) is 12.8 Å². The second-order valence-electron chi connectivity index (χ2n) is 6.97. The Morgan fingerprint density at radius 2 is 2.03 bits per heavy atom. The number of rotatable bonds is 6. The van der Waals surface area contributed by atoms with Crippen LogP contribution in [0.5, 0.6) is 11.5 Å². The van der Waals surface area contributed by atoms with Gasteiger partial charge in [0.05, 0.1) is 31.5 Å². The Balaban J connectivity index is 1.52. The minimum Gasteiger partial charge on any atom is -0.496 e. The summed E-state index contributed by atoms with van der Waals surface area (Å²) in [5.74, 6) is 0.731. The number of imidazole rings is 1. The molecule has 0 saturated carbocycles. The minimum atomic E-state index is -4.57. The van der Waals surface area contributed by atoms with Crippen LogP contribution in [0.2, 0.25) is 0 Å². The SMILES string of the molecule is COc1cc(OCc2cccnc2C(F)(F)F)ccc1-c1cnc(C2C=CC(F)=NC2)[nH]1. The van der Waals surface area contributed by atoms with Crippen molar-refractivity contribution in [3.8, 4) is 22.8 Å². The van der Waals surface area contributed by atoms with E-state index in [1.54, 1.807) is 30.5 Å². The summed E-state index contributed by atoms with van der Waals surface area (Å²) in [6.07, 6.45) is 1.14. The van der Waals surface area contributed by atoms with E-state index in [0.29, 0.717) is 28.6 Å². The first-order valence-corrected chi connectivity index (χ1v) is 9.60. The summed E-state index contributed by atoms with van der Waals surface area (Å²) in [5.41, 5.74) is 0.305. The van der Waals surface area contributed by atoms with Crippen molar-refractivity contribution >= 4 is 5.97 Å². The summed E-state index contributed by atoms with van der Waals surface area (Å²) in [6, 6.07) is 7.67. The lowest BCUT2D eigenvalue weighted by Crippen LogP contribution is -2.13. The molecule has 0 spiro atoms. The Bertz CT molecular complexity index is 1170. The van der Waals surface area contributed by atoms with Gasteiger partial charge in [0.15, 0.2) is 5.69 Å². The molecule has 1 aliphatic rings. The summed E-state index contributed by atoms with van der Waals surface area (Å²) in [7, 11) is 1.48. The van der Waals surface area contributed by atoms with Gasteiger partial charge in [0.2, 0.25) is 5.97 Å². The third-order valence-electron chi connectivity index (χ3n) is 4.87. The summed E-state index contributed by atoms with van der Waals surface area (Å²) in [6.45, 7) is -0.0437. The van der Waals surface area contributed by atoms with Crippen LogP contribution in [0, 0.1) is 0 Å². The van der Waals surface area contributed by atoms with Gasteiger partial charge in [-0.15, -0.1) is 0 Å². The molecule has 1 atom stereocenters. The van der Waals surface area contributed by atoms with E-state index in [-0.39, 0.29) is 24.6 Å². The van der Waals surface area contributed by atoms with E-state index < -0.39 is 17.8 Å². The molecule has 4 rings (SSSR count). The molecule has 0 bridgehead atoms. The zero-order valence-electron chi connectivity index (χ0n) is 16.9. The van der Waals surface area contributed by atoms with Gasteiger partial charge in [0.25, 0.3) is 0 Å². The number of pyridine rings is 1. The average Bonchev–Trinajstić information content (AvgIpc) is 3.27. The van der Waals surface area contributed by atoms with Gasteiger partial charge < -0.3 is 14.5 Å². The maximum atomic E-state index is 13.1. The van der Waals surface area contributed by atoms with E-state index >= 15 is 0 Å². The zero-order valence-corrected chi connectivity index (χ0v) is 16.9. The molecule has 0 fully saturated rings. The van der Waals surface area contributed by atoms with Gasteiger partial charge >= 0.3 is 6.18 Å². The molecule has 32 heavy (non-hydrogen) atoms. The Kier molecular flexibility index (Phi) is 5.93. The molecule has 1 unspecified atom stereocenters. The number of aromatic nitrogens is 3. The number of halogens is 4. The van der Waals surface area contributed by atoms with E-state index in [9.17, 15) is 17.6 Å². The molecule has 3 aromatic rings. The van der Waals surface area contributed by atoms with E-state index in [1.807, 2.05) is 0 Å². The van der Waals surface area contributed by atoms with Crippen LogP contribution in [0.3, 0.4) is 0 Å². The van der Waals surface area contributed by atoms with Gasteiger partial charge in [0, 0.05) is 23.4 Å². The number of hydrogen-bond acceptors (Lipinski definition) is 5. The first-order valence-electron chi connectivity index (χ1n) is 9.60. The first-order chi connectivity index (χ1) is 15.3. The smallest absolute Gasteiger partial charge is 0.433 e. The number of nitrogens with one attached hydrogen (secondary N) is 1. The van der Waals surface area contributed by atoms with Gasteiger partial charge in [-0.2, -0.15) is 17.6 Å². The number of ether oxygens (including phenoxy) is 2. The van der Waals surface area contributed by atoms with Gasteiger partial charge in [-0.25, -0.2) is 4.98 Å². The lowest BCUT2D eigenvalue weighted by atomic mass is 10.1. The number of allylic oxidation sites excluding steroid dienone is 1. The number of alkyl halides is 3. The van der Waals surface area contributed by atoms with Crippen molar-refractivity contribution in [1.82, 2.24) is 15.0 Å². The van der Waals surface area contributed by atoms with Crippen LogP contribution >= 0.6 is 0 Å². The topological polar surface area (TPSA) is 72.4 Å². The molecule has 0 amide bonds. The molecule has 1 aromatic carbocycles. The maximum absolute atomic E-state index is 13.1. The molecule has 10 heteroatoms. The fourth-order valence-corrected chi connectivity index (χ4v) is 3.29. The maximum Gasteiger partial charge on any atom is 0.433 e. The van der Waals surface area contributed by atoms with Crippen molar-refractivity contribution in [2.75, 3.05) is 13.7 Å². The predicted octanol–water partition coefficient (Wildman–Crippen LogP) is 5.10. The van der Waals surface area contributed by atoms with Crippen LogP contribution in [0.1, 0.15) is 23.0 Å². The van der Waals surface area contributed by atoms with Crippen molar-refractivity contribution in [3.63, 3.8) is 0 Å².